The molecule has 1 N–H and O–H groups in total. The maximum atomic E-state index is 4.11. The van der Waals surface area contributed by atoms with Gasteiger partial charge in [-0.05, 0) is 39.5 Å². The van der Waals surface area contributed by atoms with Crippen LogP contribution in [0.1, 0.15) is 27.2 Å². The van der Waals surface area contributed by atoms with E-state index in [9.17, 15) is 0 Å². The van der Waals surface area contributed by atoms with Gasteiger partial charge in [0.05, 0.1) is 0 Å². The Hall–Kier alpha value is 0.310. The molecule has 2 heteroatoms. The van der Waals surface area contributed by atoms with Gasteiger partial charge in [0.15, 0.2) is 0 Å². The van der Waals surface area contributed by atoms with Gasteiger partial charge in [-0.25, -0.2) is 0 Å². The fourth-order valence-corrected chi connectivity index (χ4v) is 0.701. The first-order chi connectivity index (χ1) is 4.06. The van der Waals surface area contributed by atoms with Gasteiger partial charge in [-0.3, -0.25) is 0 Å². The monoisotopic (exact) mass is 147 g/mol. The lowest BCUT2D eigenvalue weighted by molar-refractivity contribution is 0.427. The van der Waals surface area contributed by atoms with Crippen LogP contribution in [0.4, 0.5) is 0 Å². The van der Waals surface area contributed by atoms with Crippen LogP contribution < -0.4 is 5.32 Å². The number of nitrogens with one attached hydrogen (secondary N) is 1. The molecule has 0 aliphatic carbocycles. The molecule has 0 rings (SSSR count). The van der Waals surface area contributed by atoms with Crippen LogP contribution in [-0.2, 0) is 0 Å². The Morgan fingerprint density at radius 1 is 1.33 bits per heavy atom. The van der Waals surface area contributed by atoms with Crippen LogP contribution in [-0.4, -0.2) is 17.8 Å². The highest BCUT2D eigenvalue weighted by atomic mass is 32.1. The quantitative estimate of drug-likeness (QED) is 0.457. The van der Waals surface area contributed by atoms with E-state index >= 15 is 0 Å². The van der Waals surface area contributed by atoms with Crippen LogP contribution in [0.3, 0.4) is 0 Å². The molecule has 56 valence electrons. The van der Waals surface area contributed by atoms with Crippen molar-refractivity contribution in [1.82, 2.24) is 5.32 Å². The van der Waals surface area contributed by atoms with Crippen molar-refractivity contribution in [1.29, 1.82) is 0 Å². The van der Waals surface area contributed by atoms with Crippen LogP contribution >= 0.6 is 12.6 Å². The summed E-state index contributed by atoms with van der Waals surface area (Å²) in [5.41, 5.74) is 0.267. The topological polar surface area (TPSA) is 12.0 Å². The van der Waals surface area contributed by atoms with Gasteiger partial charge in [0.2, 0.25) is 0 Å². The minimum absolute atomic E-state index is 0.267. The molecule has 0 spiro atoms. The Morgan fingerprint density at radius 2 is 1.89 bits per heavy atom. The Balaban J connectivity index is 3.07. The van der Waals surface area contributed by atoms with Crippen molar-refractivity contribution >= 4 is 12.6 Å². The molecule has 0 aliphatic heterocycles. The van der Waals surface area contributed by atoms with Crippen molar-refractivity contribution in [2.45, 2.75) is 32.7 Å². The SMILES string of the molecule is CC(C)(C)NCCCS. The fraction of sp³-hybridized carbons (Fsp3) is 1.00. The lowest BCUT2D eigenvalue weighted by Crippen LogP contribution is -2.36. The number of rotatable bonds is 3. The molecule has 0 aromatic heterocycles. The minimum atomic E-state index is 0.267. The predicted molar refractivity (Wildman–Crippen MR) is 46.2 cm³/mol. The summed E-state index contributed by atoms with van der Waals surface area (Å²) in [5.74, 6) is 0.975. The maximum Gasteiger partial charge on any atom is 0.00965 e. The Morgan fingerprint density at radius 3 is 2.22 bits per heavy atom. The summed E-state index contributed by atoms with van der Waals surface area (Å²) in [6.45, 7) is 7.59. The lowest BCUT2D eigenvalue weighted by Gasteiger charge is -2.19. The van der Waals surface area contributed by atoms with Gasteiger partial charge >= 0.3 is 0 Å². The highest BCUT2D eigenvalue weighted by molar-refractivity contribution is 7.80. The largest absolute Gasteiger partial charge is 0.312 e. The van der Waals surface area contributed by atoms with E-state index in [0.717, 1.165) is 18.7 Å². The molecule has 0 saturated carbocycles. The Bertz CT molecular complexity index is 65.8. The van der Waals surface area contributed by atoms with Crippen LogP contribution in [0.25, 0.3) is 0 Å². The molecule has 0 aromatic carbocycles. The van der Waals surface area contributed by atoms with E-state index in [1.54, 1.807) is 0 Å². The van der Waals surface area contributed by atoms with Crippen molar-refractivity contribution < 1.29 is 0 Å². The third-order valence-electron chi connectivity index (χ3n) is 0.990. The van der Waals surface area contributed by atoms with Gasteiger partial charge in [0, 0.05) is 5.54 Å². The molecule has 0 unspecified atom stereocenters. The van der Waals surface area contributed by atoms with Crippen LogP contribution in [0, 0.1) is 0 Å². The first-order valence-corrected chi connectivity index (χ1v) is 4.05. The molecular weight excluding hydrogens is 130 g/mol. The maximum absolute atomic E-state index is 4.11. The van der Waals surface area contributed by atoms with Gasteiger partial charge in [0.25, 0.3) is 0 Å². The molecule has 0 saturated heterocycles. The summed E-state index contributed by atoms with van der Waals surface area (Å²) in [5, 5.41) is 3.37. The summed E-state index contributed by atoms with van der Waals surface area (Å²) < 4.78 is 0. The van der Waals surface area contributed by atoms with Crippen LogP contribution in [0.15, 0.2) is 0 Å². The zero-order valence-electron chi connectivity index (χ0n) is 6.57. The minimum Gasteiger partial charge on any atom is -0.312 e. The number of thiol groups is 1. The average molecular weight is 147 g/mol. The third-order valence-corrected chi connectivity index (χ3v) is 1.31. The highest BCUT2D eigenvalue weighted by Gasteiger charge is 2.06. The highest BCUT2D eigenvalue weighted by Crippen LogP contribution is 1.97. The van der Waals surface area contributed by atoms with Gasteiger partial charge in [-0.2, -0.15) is 12.6 Å². The summed E-state index contributed by atoms with van der Waals surface area (Å²) >= 11 is 4.11. The fourth-order valence-electron chi connectivity index (χ4n) is 0.542. The molecule has 0 bridgehead atoms. The third kappa shape index (κ3) is 8.31. The first kappa shape index (κ1) is 9.31. The molecule has 0 fully saturated rings. The normalized spacial score (nSPS) is 12.0. The van der Waals surface area contributed by atoms with E-state index in [0.29, 0.717) is 0 Å². The number of hydrogen-bond acceptors (Lipinski definition) is 2. The van der Waals surface area contributed by atoms with Gasteiger partial charge in [0.1, 0.15) is 0 Å². The van der Waals surface area contributed by atoms with E-state index in [-0.39, 0.29) is 5.54 Å². The smallest absolute Gasteiger partial charge is 0.00965 e. The standard InChI is InChI=1S/C7H17NS/c1-7(2,3)8-5-4-6-9/h8-9H,4-6H2,1-3H3. The van der Waals surface area contributed by atoms with Crippen molar-refractivity contribution in [3.63, 3.8) is 0 Å². The van der Waals surface area contributed by atoms with Crippen molar-refractivity contribution in [2.24, 2.45) is 0 Å². The van der Waals surface area contributed by atoms with Crippen molar-refractivity contribution in [3.8, 4) is 0 Å². The predicted octanol–water partition coefficient (Wildman–Crippen LogP) is 1.69. The molecule has 0 aliphatic rings. The van der Waals surface area contributed by atoms with Gasteiger partial charge < -0.3 is 5.32 Å². The first-order valence-electron chi connectivity index (χ1n) is 3.42. The summed E-state index contributed by atoms with van der Waals surface area (Å²) in [4.78, 5) is 0. The molecule has 0 heterocycles. The zero-order chi connectivity index (χ0) is 7.33. The average Bonchev–Trinajstić information content (AvgIpc) is 1.63. The number of hydrogen-bond donors (Lipinski definition) is 2. The second-order valence-corrected chi connectivity index (χ2v) is 3.70. The van der Waals surface area contributed by atoms with E-state index in [1.807, 2.05) is 0 Å². The summed E-state index contributed by atoms with van der Waals surface area (Å²) in [6, 6.07) is 0. The van der Waals surface area contributed by atoms with Crippen LogP contribution in [0.2, 0.25) is 0 Å². The molecular formula is C7H17NS. The van der Waals surface area contributed by atoms with Crippen molar-refractivity contribution in [2.75, 3.05) is 12.3 Å². The van der Waals surface area contributed by atoms with E-state index in [2.05, 4.69) is 38.7 Å². The van der Waals surface area contributed by atoms with Gasteiger partial charge in [-0.15, -0.1) is 0 Å². The van der Waals surface area contributed by atoms with E-state index < -0.39 is 0 Å². The molecule has 1 nitrogen and oxygen atoms in total. The Kier molecular flexibility index (Phi) is 4.32. The summed E-state index contributed by atoms with van der Waals surface area (Å²) in [6.07, 6.45) is 1.15. The molecule has 9 heavy (non-hydrogen) atoms. The second-order valence-electron chi connectivity index (χ2n) is 3.25. The molecule has 0 atom stereocenters. The molecule has 0 aromatic rings. The van der Waals surface area contributed by atoms with E-state index in [1.165, 1.54) is 0 Å². The summed E-state index contributed by atoms with van der Waals surface area (Å²) in [7, 11) is 0. The van der Waals surface area contributed by atoms with Gasteiger partial charge in [-0.1, -0.05) is 0 Å². The zero-order valence-corrected chi connectivity index (χ0v) is 7.46. The second kappa shape index (κ2) is 4.18. The molecule has 0 amide bonds. The van der Waals surface area contributed by atoms with Crippen LogP contribution in [0.5, 0.6) is 0 Å². The lowest BCUT2D eigenvalue weighted by atomic mass is 10.1. The van der Waals surface area contributed by atoms with E-state index in [4.69, 9.17) is 0 Å². The Labute approximate surface area is 63.6 Å². The van der Waals surface area contributed by atoms with Crippen molar-refractivity contribution in [3.05, 3.63) is 0 Å². The molecule has 0 radical (unpaired) electrons.